The van der Waals surface area contributed by atoms with E-state index in [1.54, 1.807) is 32.2 Å². The number of hydrogen-bond acceptors (Lipinski definition) is 5. The van der Waals surface area contributed by atoms with Gasteiger partial charge in [-0.2, -0.15) is 0 Å². The Balaban J connectivity index is 1.46. The molecule has 1 atom stereocenters. The van der Waals surface area contributed by atoms with Crippen molar-refractivity contribution < 1.29 is 23.9 Å². The number of imide groups is 1. The molecule has 1 aromatic carbocycles. The topological polar surface area (TPSA) is 76.1 Å². The van der Waals surface area contributed by atoms with Crippen molar-refractivity contribution >= 4 is 17.7 Å². The highest BCUT2D eigenvalue weighted by Crippen LogP contribution is 2.52. The summed E-state index contributed by atoms with van der Waals surface area (Å²) < 4.78 is 11.5. The third-order valence-electron chi connectivity index (χ3n) is 8.00. The standard InChI is InChI=1S/C27H32N2O5/c1-5-33-18-9-12-23(34-6-2)21(14-18)27(3)25(31)29(26(32)28(27)4)15-22(30)24-19-10-11-20(24)17-8-7-16(19)13-17/h9,12,14,24H,5-8,10-11,13,15H2,1-4H3. The van der Waals surface area contributed by atoms with Crippen LogP contribution in [0.15, 0.2) is 40.5 Å². The Bertz CT molecular complexity index is 1120. The van der Waals surface area contributed by atoms with E-state index in [4.69, 9.17) is 9.47 Å². The van der Waals surface area contributed by atoms with Crippen LogP contribution in [-0.2, 0) is 15.1 Å². The number of carbonyl (C=O) groups is 3. The SMILES string of the molecule is CCOc1ccc(OCC)c(C2(C)C(=O)N(CC(=O)C3C4=C5CCC(=C3CC4)C5)C(=O)N2C)c1. The molecular formula is C27H32N2O5. The maximum absolute atomic E-state index is 13.8. The number of Topliss-reactive ketones (excluding diaryl/α,β-unsaturated/α-hetero) is 1. The Morgan fingerprint density at radius 2 is 1.68 bits per heavy atom. The average Bonchev–Trinajstić information content (AvgIpc) is 3.45. The minimum absolute atomic E-state index is 0.0495. The number of benzene rings is 1. The van der Waals surface area contributed by atoms with Gasteiger partial charge in [0.15, 0.2) is 5.78 Å². The number of hydrogen-bond donors (Lipinski definition) is 0. The lowest BCUT2D eigenvalue weighted by Gasteiger charge is -2.31. The van der Waals surface area contributed by atoms with Crippen molar-refractivity contribution in [2.75, 3.05) is 26.8 Å². The summed E-state index contributed by atoms with van der Waals surface area (Å²) in [6.07, 6.45) is 5.00. The number of allylic oxidation sites excluding steroid dienone is 4. The van der Waals surface area contributed by atoms with Gasteiger partial charge in [0.05, 0.1) is 25.7 Å². The van der Waals surface area contributed by atoms with Gasteiger partial charge < -0.3 is 14.4 Å². The lowest BCUT2D eigenvalue weighted by atomic mass is 9.84. The zero-order valence-electron chi connectivity index (χ0n) is 20.4. The number of fused-ring (bicyclic) bond motifs is 4. The zero-order valence-corrected chi connectivity index (χ0v) is 20.4. The fourth-order valence-corrected chi connectivity index (χ4v) is 6.18. The molecule has 5 rings (SSSR count). The molecule has 34 heavy (non-hydrogen) atoms. The minimum Gasteiger partial charge on any atom is -0.494 e. The molecule has 0 radical (unpaired) electrons. The van der Waals surface area contributed by atoms with Gasteiger partial charge in [-0.1, -0.05) is 22.3 Å². The molecule has 1 saturated heterocycles. The van der Waals surface area contributed by atoms with E-state index in [2.05, 4.69) is 0 Å². The molecule has 0 spiro atoms. The normalized spacial score (nSPS) is 24.1. The van der Waals surface area contributed by atoms with Crippen molar-refractivity contribution in [1.82, 2.24) is 9.80 Å². The van der Waals surface area contributed by atoms with E-state index in [-0.39, 0.29) is 18.2 Å². The summed E-state index contributed by atoms with van der Waals surface area (Å²) in [5.41, 5.74) is 4.57. The molecule has 1 aliphatic heterocycles. The van der Waals surface area contributed by atoms with Gasteiger partial charge in [0.2, 0.25) is 0 Å². The van der Waals surface area contributed by atoms with Crippen LogP contribution in [-0.4, -0.2) is 54.3 Å². The summed E-state index contributed by atoms with van der Waals surface area (Å²) >= 11 is 0. The number of nitrogens with zero attached hydrogens (tertiary/aromatic N) is 2. The molecule has 0 aromatic heterocycles. The second kappa shape index (κ2) is 8.29. The second-order valence-electron chi connectivity index (χ2n) is 9.66. The zero-order chi connectivity index (χ0) is 24.2. The van der Waals surface area contributed by atoms with E-state index in [9.17, 15) is 14.4 Å². The van der Waals surface area contributed by atoms with Crippen molar-refractivity contribution in [2.24, 2.45) is 5.92 Å². The number of amides is 3. The van der Waals surface area contributed by atoms with Gasteiger partial charge in [-0.15, -0.1) is 0 Å². The Kier molecular flexibility index (Phi) is 5.53. The largest absolute Gasteiger partial charge is 0.494 e. The Labute approximate surface area is 200 Å². The maximum Gasteiger partial charge on any atom is 0.328 e. The molecule has 0 N–H and O–H groups in total. The van der Waals surface area contributed by atoms with E-state index in [0.29, 0.717) is 30.3 Å². The van der Waals surface area contributed by atoms with Crippen LogP contribution < -0.4 is 9.47 Å². The first-order valence-corrected chi connectivity index (χ1v) is 12.2. The lowest BCUT2D eigenvalue weighted by Crippen LogP contribution is -2.43. The van der Waals surface area contributed by atoms with Crippen molar-refractivity contribution in [2.45, 2.75) is 58.4 Å². The molecule has 2 saturated carbocycles. The molecule has 3 fully saturated rings. The number of rotatable bonds is 8. The van der Waals surface area contributed by atoms with Gasteiger partial charge in [-0.3, -0.25) is 14.5 Å². The fourth-order valence-electron chi connectivity index (χ4n) is 6.18. The predicted octanol–water partition coefficient (Wildman–Crippen LogP) is 4.36. The van der Waals surface area contributed by atoms with E-state index in [1.165, 1.54) is 27.2 Å². The molecule has 7 heteroatoms. The van der Waals surface area contributed by atoms with E-state index >= 15 is 0 Å². The van der Waals surface area contributed by atoms with E-state index in [1.807, 2.05) is 13.8 Å². The third-order valence-corrected chi connectivity index (χ3v) is 8.00. The summed E-state index contributed by atoms with van der Waals surface area (Å²) in [6.45, 7) is 6.16. The number of likely N-dealkylation sites (N-methyl/N-ethyl adjacent to an activating group) is 1. The van der Waals surface area contributed by atoms with Crippen molar-refractivity contribution in [3.05, 3.63) is 46.1 Å². The van der Waals surface area contributed by atoms with Gasteiger partial charge in [0.1, 0.15) is 17.0 Å². The summed E-state index contributed by atoms with van der Waals surface area (Å²) in [7, 11) is 1.60. The molecule has 1 heterocycles. The molecule has 1 unspecified atom stereocenters. The summed E-state index contributed by atoms with van der Waals surface area (Å²) in [4.78, 5) is 43.2. The first-order chi connectivity index (χ1) is 16.3. The highest BCUT2D eigenvalue weighted by Gasteiger charge is 2.56. The lowest BCUT2D eigenvalue weighted by molar-refractivity contribution is -0.135. The molecule has 180 valence electrons. The molecule has 7 nitrogen and oxygen atoms in total. The van der Waals surface area contributed by atoms with Crippen LogP contribution in [0.5, 0.6) is 11.5 Å². The van der Waals surface area contributed by atoms with Crippen LogP contribution in [0, 0.1) is 5.92 Å². The quantitative estimate of drug-likeness (QED) is 0.422. The van der Waals surface area contributed by atoms with E-state index in [0.717, 1.165) is 37.0 Å². The number of carbonyl (C=O) groups excluding carboxylic acids is 3. The van der Waals surface area contributed by atoms with Gasteiger partial charge in [-0.05, 0) is 71.1 Å². The van der Waals surface area contributed by atoms with Crippen LogP contribution in [0.4, 0.5) is 4.79 Å². The number of ketones is 1. The molecule has 4 bridgehead atoms. The average molecular weight is 465 g/mol. The van der Waals surface area contributed by atoms with E-state index < -0.39 is 17.5 Å². The first-order valence-electron chi connectivity index (χ1n) is 12.2. The summed E-state index contributed by atoms with van der Waals surface area (Å²) in [5.74, 6) is 0.423. The first kappa shape index (κ1) is 22.7. The van der Waals surface area contributed by atoms with Crippen molar-refractivity contribution in [3.63, 3.8) is 0 Å². The highest BCUT2D eigenvalue weighted by molar-refractivity contribution is 6.10. The van der Waals surface area contributed by atoms with Crippen LogP contribution in [0.3, 0.4) is 0 Å². The second-order valence-corrected chi connectivity index (χ2v) is 9.66. The van der Waals surface area contributed by atoms with Gasteiger partial charge in [0.25, 0.3) is 5.91 Å². The van der Waals surface area contributed by atoms with Crippen molar-refractivity contribution in [1.29, 1.82) is 0 Å². The Morgan fingerprint density at radius 3 is 2.29 bits per heavy atom. The van der Waals surface area contributed by atoms with Crippen LogP contribution in [0.25, 0.3) is 0 Å². The maximum atomic E-state index is 13.8. The number of ether oxygens (including phenoxy) is 2. The third kappa shape index (κ3) is 3.20. The van der Waals surface area contributed by atoms with Crippen molar-refractivity contribution in [3.8, 4) is 11.5 Å². The van der Waals surface area contributed by atoms with Gasteiger partial charge >= 0.3 is 6.03 Å². The fraction of sp³-hybridized carbons (Fsp3) is 0.519. The Hall–Kier alpha value is -3.09. The molecule has 3 amide bonds. The Morgan fingerprint density at radius 1 is 1.03 bits per heavy atom. The number of urea groups is 1. The summed E-state index contributed by atoms with van der Waals surface area (Å²) in [5, 5.41) is 0. The molecule has 3 aliphatic carbocycles. The van der Waals surface area contributed by atoms with Crippen LogP contribution in [0.1, 0.15) is 58.4 Å². The molecule has 1 aromatic rings. The van der Waals surface area contributed by atoms with Crippen LogP contribution >= 0.6 is 0 Å². The monoisotopic (exact) mass is 464 g/mol. The van der Waals surface area contributed by atoms with Crippen LogP contribution in [0.2, 0.25) is 0 Å². The summed E-state index contributed by atoms with van der Waals surface area (Å²) in [6, 6.07) is 4.86. The smallest absolute Gasteiger partial charge is 0.328 e. The minimum atomic E-state index is -1.30. The molecular weight excluding hydrogens is 432 g/mol. The van der Waals surface area contributed by atoms with Gasteiger partial charge in [0, 0.05) is 12.6 Å². The van der Waals surface area contributed by atoms with Gasteiger partial charge in [-0.25, -0.2) is 4.79 Å². The molecule has 4 aliphatic rings. The highest BCUT2D eigenvalue weighted by atomic mass is 16.5. The predicted molar refractivity (Wildman–Crippen MR) is 127 cm³/mol.